The third-order valence-corrected chi connectivity index (χ3v) is 3.58. The predicted molar refractivity (Wildman–Crippen MR) is 83.4 cm³/mol. The number of hydrogen-bond donors (Lipinski definition) is 3. The maximum absolute atomic E-state index is 10.2. The molecule has 0 aliphatic carbocycles. The molecule has 0 atom stereocenters. The summed E-state index contributed by atoms with van der Waals surface area (Å²) in [5.41, 5.74) is 2.85. The van der Waals surface area contributed by atoms with Gasteiger partial charge < -0.3 is 15.5 Å². The molecule has 0 aliphatic rings. The van der Waals surface area contributed by atoms with E-state index < -0.39 is 0 Å². The Bertz CT molecular complexity index is 571. The van der Waals surface area contributed by atoms with Crippen LogP contribution >= 0.6 is 0 Å². The molecule has 0 aliphatic heterocycles. The second kappa shape index (κ2) is 7.64. The van der Waals surface area contributed by atoms with Gasteiger partial charge in [-0.1, -0.05) is 30.3 Å². The number of nitrogens with zero attached hydrogens (tertiary/aromatic N) is 1. The van der Waals surface area contributed by atoms with Crippen LogP contribution < -0.4 is 9.88 Å². The first-order valence-electron chi connectivity index (χ1n) is 7.33. The van der Waals surface area contributed by atoms with Crippen LogP contribution in [0.4, 0.5) is 5.69 Å². The quantitative estimate of drug-likeness (QED) is 0.539. The molecule has 1 aromatic carbocycles. The maximum atomic E-state index is 10.2. The Hall–Kier alpha value is -2.07. The lowest BCUT2D eigenvalue weighted by atomic mass is 10.1. The first-order chi connectivity index (χ1) is 10.2. The number of aryl methyl sites for hydroxylation is 2. The summed E-state index contributed by atoms with van der Waals surface area (Å²) >= 11 is 0. The molecule has 4 nitrogen and oxygen atoms in total. The minimum absolute atomic E-state index is 0.149. The number of anilines is 1. The minimum atomic E-state index is 0.149. The normalized spacial score (nSPS) is 10.6. The summed E-state index contributed by atoms with van der Waals surface area (Å²) in [5, 5.41) is 22.1. The molecule has 4 heteroatoms. The van der Waals surface area contributed by atoms with Crippen molar-refractivity contribution in [3.8, 4) is 5.75 Å². The molecule has 2 aromatic rings. The number of aliphatic hydroxyl groups is 1. The monoisotopic (exact) mass is 287 g/mol. The average Bonchev–Trinajstić information content (AvgIpc) is 2.52. The molecule has 0 radical (unpaired) electrons. The van der Waals surface area contributed by atoms with Crippen molar-refractivity contribution in [1.82, 2.24) is 0 Å². The molecule has 0 saturated carbocycles. The maximum Gasteiger partial charge on any atom is 0.222 e. The molecule has 0 amide bonds. The minimum Gasteiger partial charge on any atom is -0.501 e. The van der Waals surface area contributed by atoms with E-state index in [0.29, 0.717) is 13.0 Å². The number of benzene rings is 1. The van der Waals surface area contributed by atoms with Gasteiger partial charge in [-0.15, -0.1) is 0 Å². The van der Waals surface area contributed by atoms with Crippen LogP contribution in [0.15, 0.2) is 42.6 Å². The van der Waals surface area contributed by atoms with Crippen molar-refractivity contribution in [2.45, 2.75) is 26.3 Å². The van der Waals surface area contributed by atoms with Gasteiger partial charge in [0.2, 0.25) is 11.4 Å². The lowest BCUT2D eigenvalue weighted by molar-refractivity contribution is -0.702. The van der Waals surface area contributed by atoms with Crippen LogP contribution in [0.25, 0.3) is 0 Å². The first-order valence-corrected chi connectivity index (χ1v) is 7.33. The SMILES string of the molecule is Cc1c(O)c(NCCCO)cc[n+]1CCc1ccccc1. The highest BCUT2D eigenvalue weighted by molar-refractivity contribution is 5.55. The van der Waals surface area contributed by atoms with E-state index in [0.717, 1.165) is 24.3 Å². The molecule has 21 heavy (non-hydrogen) atoms. The summed E-state index contributed by atoms with van der Waals surface area (Å²) in [7, 11) is 0. The molecule has 0 fully saturated rings. The van der Waals surface area contributed by atoms with Gasteiger partial charge in [0.05, 0.1) is 5.69 Å². The van der Waals surface area contributed by atoms with Crippen LogP contribution in [0.1, 0.15) is 17.7 Å². The zero-order chi connectivity index (χ0) is 15.1. The Morgan fingerprint density at radius 3 is 2.62 bits per heavy atom. The predicted octanol–water partition coefficient (Wildman–Crippen LogP) is 2.03. The highest BCUT2D eigenvalue weighted by atomic mass is 16.3. The van der Waals surface area contributed by atoms with E-state index in [-0.39, 0.29) is 12.4 Å². The van der Waals surface area contributed by atoms with Gasteiger partial charge in [-0.3, -0.25) is 0 Å². The van der Waals surface area contributed by atoms with Crippen molar-refractivity contribution in [3.05, 3.63) is 53.9 Å². The van der Waals surface area contributed by atoms with E-state index in [2.05, 4.69) is 22.0 Å². The summed E-state index contributed by atoms with van der Waals surface area (Å²) in [6.07, 6.45) is 3.59. The molecular formula is C17H23N2O2+. The van der Waals surface area contributed by atoms with Crippen LogP contribution in [0.3, 0.4) is 0 Å². The number of hydrogen-bond acceptors (Lipinski definition) is 3. The Morgan fingerprint density at radius 1 is 1.14 bits per heavy atom. The van der Waals surface area contributed by atoms with Gasteiger partial charge in [0.25, 0.3) is 0 Å². The number of nitrogens with one attached hydrogen (secondary N) is 1. The molecule has 0 bridgehead atoms. The first kappa shape index (κ1) is 15.3. The van der Waals surface area contributed by atoms with Crippen LogP contribution in [0.2, 0.25) is 0 Å². The van der Waals surface area contributed by atoms with Gasteiger partial charge in [-0.2, -0.15) is 4.57 Å². The van der Waals surface area contributed by atoms with Crippen LogP contribution in [-0.4, -0.2) is 23.4 Å². The van der Waals surface area contributed by atoms with E-state index >= 15 is 0 Å². The largest absolute Gasteiger partial charge is 0.501 e. The fourth-order valence-electron chi connectivity index (χ4n) is 2.27. The Balaban J connectivity index is 2.02. The number of pyridine rings is 1. The van der Waals surface area contributed by atoms with E-state index in [1.54, 1.807) is 0 Å². The number of aliphatic hydroxyl groups excluding tert-OH is 1. The van der Waals surface area contributed by atoms with Crippen molar-refractivity contribution < 1.29 is 14.8 Å². The van der Waals surface area contributed by atoms with Crippen LogP contribution in [0.5, 0.6) is 5.75 Å². The zero-order valence-electron chi connectivity index (χ0n) is 12.4. The van der Waals surface area contributed by atoms with E-state index in [9.17, 15) is 5.11 Å². The van der Waals surface area contributed by atoms with Gasteiger partial charge in [-0.05, 0) is 12.0 Å². The van der Waals surface area contributed by atoms with Crippen molar-refractivity contribution in [2.24, 2.45) is 0 Å². The van der Waals surface area contributed by atoms with Crippen molar-refractivity contribution in [1.29, 1.82) is 0 Å². The summed E-state index contributed by atoms with van der Waals surface area (Å²) in [5.74, 6) is 0.281. The second-order valence-electron chi connectivity index (χ2n) is 5.10. The standard InChI is InChI=1S/C17H22N2O2/c1-14-17(21)16(18-10-5-13-20)9-12-19(14)11-8-15-6-3-2-4-7-15/h2-4,6-7,9,12,20-21H,5,8,10-11,13H2,1H3/p+1. The van der Waals surface area contributed by atoms with E-state index in [1.807, 2.05) is 37.4 Å². The third kappa shape index (κ3) is 4.20. The highest BCUT2D eigenvalue weighted by Gasteiger charge is 2.15. The molecule has 112 valence electrons. The summed E-state index contributed by atoms with van der Waals surface area (Å²) < 4.78 is 2.06. The topological polar surface area (TPSA) is 56.4 Å². The smallest absolute Gasteiger partial charge is 0.222 e. The van der Waals surface area contributed by atoms with Crippen molar-refractivity contribution in [2.75, 3.05) is 18.5 Å². The zero-order valence-corrected chi connectivity index (χ0v) is 12.4. The number of aromatic nitrogens is 1. The molecule has 2 rings (SSSR count). The average molecular weight is 287 g/mol. The number of aromatic hydroxyl groups is 1. The van der Waals surface area contributed by atoms with Crippen LogP contribution in [0, 0.1) is 6.92 Å². The lowest BCUT2D eigenvalue weighted by Crippen LogP contribution is -2.37. The van der Waals surface area contributed by atoms with Gasteiger partial charge in [0.1, 0.15) is 0 Å². The molecule has 0 spiro atoms. The Labute approximate surface area is 125 Å². The Morgan fingerprint density at radius 2 is 1.90 bits per heavy atom. The molecule has 0 saturated heterocycles. The molecule has 3 N–H and O–H groups in total. The second-order valence-corrected chi connectivity index (χ2v) is 5.10. The van der Waals surface area contributed by atoms with Gasteiger partial charge in [0, 0.05) is 32.6 Å². The van der Waals surface area contributed by atoms with Crippen LogP contribution in [-0.2, 0) is 13.0 Å². The highest BCUT2D eigenvalue weighted by Crippen LogP contribution is 2.23. The number of rotatable bonds is 7. The molecule has 1 aromatic heterocycles. The molecular weight excluding hydrogens is 264 g/mol. The van der Waals surface area contributed by atoms with Crippen molar-refractivity contribution in [3.63, 3.8) is 0 Å². The van der Waals surface area contributed by atoms with Gasteiger partial charge >= 0.3 is 0 Å². The van der Waals surface area contributed by atoms with Crippen molar-refractivity contribution >= 4 is 5.69 Å². The molecule has 0 unspecified atom stereocenters. The lowest BCUT2D eigenvalue weighted by Gasteiger charge is -2.09. The van der Waals surface area contributed by atoms with E-state index in [1.165, 1.54) is 5.56 Å². The summed E-state index contributed by atoms with van der Waals surface area (Å²) in [6, 6.07) is 12.2. The van der Waals surface area contributed by atoms with Gasteiger partial charge in [0.15, 0.2) is 12.7 Å². The van der Waals surface area contributed by atoms with E-state index in [4.69, 9.17) is 5.11 Å². The fraction of sp³-hybridized carbons (Fsp3) is 0.353. The van der Waals surface area contributed by atoms with Gasteiger partial charge in [-0.25, -0.2) is 0 Å². The Kier molecular flexibility index (Phi) is 5.58. The summed E-state index contributed by atoms with van der Waals surface area (Å²) in [4.78, 5) is 0. The third-order valence-electron chi connectivity index (χ3n) is 3.58. The molecule has 1 heterocycles. The summed E-state index contributed by atoms with van der Waals surface area (Å²) in [6.45, 7) is 3.55. The fourth-order valence-corrected chi connectivity index (χ4v) is 2.27.